The lowest BCUT2D eigenvalue weighted by Crippen LogP contribution is -2.54. The minimum Gasteiger partial charge on any atom is -0.393 e. The lowest BCUT2D eigenvalue weighted by atomic mass is 9.44. The van der Waals surface area contributed by atoms with Crippen molar-refractivity contribution in [3.05, 3.63) is 0 Å². The molecule has 4 aliphatic carbocycles. The summed E-state index contributed by atoms with van der Waals surface area (Å²) in [6.45, 7) is 8.91. The number of amides is 1. The van der Waals surface area contributed by atoms with E-state index < -0.39 is 16.2 Å². The van der Waals surface area contributed by atoms with Crippen LogP contribution >= 0.6 is 0 Å². The molecule has 4 fully saturated rings. The SMILES string of the molecule is CCOS(=O)(=O)NC(=O)CCC(C)[C@H]1CC[C@H]2[C@H]3CCC4C[C@H](O)CC[C@]4(C)[C@H]3CC[C@]12C. The van der Waals surface area contributed by atoms with Gasteiger partial charge in [-0.3, -0.25) is 8.98 Å². The fourth-order valence-corrected chi connectivity index (χ4v) is 9.90. The number of hydrogen-bond acceptors (Lipinski definition) is 5. The molecule has 1 amide bonds. The van der Waals surface area contributed by atoms with Crippen molar-refractivity contribution in [3.63, 3.8) is 0 Å². The maximum Gasteiger partial charge on any atom is 0.362 e. The van der Waals surface area contributed by atoms with Crippen molar-refractivity contribution in [1.29, 1.82) is 0 Å². The minimum absolute atomic E-state index is 0.0172. The van der Waals surface area contributed by atoms with Crippen molar-refractivity contribution in [2.45, 2.75) is 104 Å². The molecule has 2 unspecified atom stereocenters. The minimum atomic E-state index is -3.98. The first-order valence-corrected chi connectivity index (χ1v) is 14.8. The third-order valence-electron chi connectivity index (χ3n) is 10.7. The molecule has 6 nitrogen and oxygen atoms in total. The van der Waals surface area contributed by atoms with Gasteiger partial charge in [0.2, 0.25) is 5.91 Å². The molecule has 0 radical (unpaired) electrons. The summed E-state index contributed by atoms with van der Waals surface area (Å²) in [6.07, 6.45) is 11.7. The summed E-state index contributed by atoms with van der Waals surface area (Å²) in [4.78, 5) is 12.2. The highest BCUT2D eigenvalue weighted by molar-refractivity contribution is 7.85. The van der Waals surface area contributed by atoms with Crippen molar-refractivity contribution in [3.8, 4) is 0 Å². The molecular weight excluding hydrogens is 438 g/mol. The second kappa shape index (κ2) is 9.42. The third-order valence-corrected chi connectivity index (χ3v) is 11.8. The van der Waals surface area contributed by atoms with Crippen molar-refractivity contribution in [2.75, 3.05) is 6.61 Å². The van der Waals surface area contributed by atoms with E-state index in [9.17, 15) is 18.3 Å². The highest BCUT2D eigenvalue weighted by Crippen LogP contribution is 2.68. The summed E-state index contributed by atoms with van der Waals surface area (Å²) >= 11 is 0. The molecule has 2 N–H and O–H groups in total. The van der Waals surface area contributed by atoms with Crippen LogP contribution in [0.2, 0.25) is 0 Å². The molecule has 7 heteroatoms. The first-order valence-electron chi connectivity index (χ1n) is 13.4. The Balaban J connectivity index is 1.39. The van der Waals surface area contributed by atoms with Gasteiger partial charge in [-0.25, -0.2) is 4.72 Å². The first-order chi connectivity index (χ1) is 15.5. The van der Waals surface area contributed by atoms with Gasteiger partial charge in [0.25, 0.3) is 0 Å². The van der Waals surface area contributed by atoms with Crippen LogP contribution in [-0.2, 0) is 19.3 Å². The number of aliphatic hydroxyl groups is 1. The van der Waals surface area contributed by atoms with Crippen LogP contribution in [-0.4, -0.2) is 32.1 Å². The summed E-state index contributed by atoms with van der Waals surface area (Å²) in [5.74, 6) is 3.58. The summed E-state index contributed by atoms with van der Waals surface area (Å²) in [7, 11) is -3.98. The molecule has 33 heavy (non-hydrogen) atoms. The zero-order valence-electron chi connectivity index (χ0n) is 21.0. The maximum atomic E-state index is 12.2. The van der Waals surface area contributed by atoms with Gasteiger partial charge in [-0.05, 0) is 117 Å². The third kappa shape index (κ3) is 4.75. The quantitative estimate of drug-likeness (QED) is 0.542. The number of fused-ring (bicyclic) bond motifs is 5. The first kappa shape index (κ1) is 25.4. The van der Waals surface area contributed by atoms with Gasteiger partial charge < -0.3 is 5.11 Å². The van der Waals surface area contributed by atoms with Crippen LogP contribution in [0.15, 0.2) is 0 Å². The highest BCUT2D eigenvalue weighted by atomic mass is 32.2. The van der Waals surface area contributed by atoms with E-state index in [0.29, 0.717) is 35.0 Å². The Morgan fingerprint density at radius 3 is 2.48 bits per heavy atom. The van der Waals surface area contributed by atoms with Crippen LogP contribution in [0, 0.1) is 46.3 Å². The zero-order chi connectivity index (χ0) is 24.0. The average molecular weight is 484 g/mol. The van der Waals surface area contributed by atoms with E-state index in [1.807, 2.05) is 4.72 Å². The molecule has 0 spiro atoms. The number of rotatable bonds is 7. The van der Waals surface area contributed by atoms with E-state index >= 15 is 0 Å². The van der Waals surface area contributed by atoms with Gasteiger partial charge in [-0.1, -0.05) is 20.8 Å². The molecule has 0 bridgehead atoms. The molecule has 0 aromatic heterocycles. The fraction of sp³-hybridized carbons (Fsp3) is 0.962. The fourth-order valence-electron chi connectivity index (χ4n) is 9.15. The van der Waals surface area contributed by atoms with E-state index in [4.69, 9.17) is 0 Å². The summed E-state index contributed by atoms with van der Waals surface area (Å²) in [5.41, 5.74) is 0.725. The lowest BCUT2D eigenvalue weighted by Gasteiger charge is -2.61. The van der Waals surface area contributed by atoms with E-state index in [1.54, 1.807) is 6.92 Å². The van der Waals surface area contributed by atoms with E-state index in [2.05, 4.69) is 25.0 Å². The Morgan fingerprint density at radius 1 is 1.06 bits per heavy atom. The molecule has 4 aliphatic rings. The topological polar surface area (TPSA) is 92.7 Å². The summed E-state index contributed by atoms with van der Waals surface area (Å²) < 4.78 is 30.0. The lowest BCUT2D eigenvalue weighted by molar-refractivity contribution is -0.129. The highest BCUT2D eigenvalue weighted by Gasteiger charge is 2.60. The van der Waals surface area contributed by atoms with Crippen LogP contribution < -0.4 is 4.72 Å². The van der Waals surface area contributed by atoms with Gasteiger partial charge >= 0.3 is 10.3 Å². The Morgan fingerprint density at radius 2 is 1.76 bits per heavy atom. The number of carbonyl (C=O) groups excluding carboxylic acids is 1. The summed E-state index contributed by atoms with van der Waals surface area (Å²) in [6, 6.07) is 0. The second-order valence-corrected chi connectivity index (χ2v) is 13.6. The second-order valence-electron chi connectivity index (χ2n) is 12.2. The van der Waals surface area contributed by atoms with E-state index in [1.165, 1.54) is 44.9 Å². The van der Waals surface area contributed by atoms with Gasteiger partial charge in [0, 0.05) is 6.42 Å². The normalized spacial score (nSPS) is 43.8. The molecule has 0 saturated heterocycles. The van der Waals surface area contributed by atoms with Crippen LogP contribution in [0.25, 0.3) is 0 Å². The Kier molecular flexibility index (Phi) is 7.26. The van der Waals surface area contributed by atoms with E-state index in [-0.39, 0.29) is 19.1 Å². The van der Waals surface area contributed by atoms with Crippen molar-refractivity contribution < 1.29 is 22.5 Å². The largest absolute Gasteiger partial charge is 0.393 e. The van der Waals surface area contributed by atoms with Crippen molar-refractivity contribution in [1.82, 2.24) is 4.72 Å². The molecule has 4 rings (SSSR count). The number of carbonyl (C=O) groups is 1. The Labute approximate surface area is 200 Å². The molecule has 4 saturated carbocycles. The molecule has 9 atom stereocenters. The van der Waals surface area contributed by atoms with Gasteiger partial charge in [0.15, 0.2) is 0 Å². The monoisotopic (exact) mass is 483 g/mol. The number of hydrogen-bond donors (Lipinski definition) is 2. The predicted octanol–water partition coefficient (Wildman–Crippen LogP) is 4.82. The Bertz CT molecular complexity index is 831. The molecule has 0 heterocycles. The van der Waals surface area contributed by atoms with Gasteiger partial charge in [0.05, 0.1) is 12.7 Å². The van der Waals surface area contributed by atoms with Crippen LogP contribution in [0.3, 0.4) is 0 Å². The number of aliphatic hydroxyl groups excluding tert-OH is 1. The smallest absolute Gasteiger partial charge is 0.362 e. The molecule has 190 valence electrons. The van der Waals surface area contributed by atoms with Crippen LogP contribution in [0.1, 0.15) is 98.3 Å². The Hall–Kier alpha value is -0.660. The van der Waals surface area contributed by atoms with Crippen LogP contribution in [0.5, 0.6) is 0 Å². The van der Waals surface area contributed by atoms with Crippen molar-refractivity contribution >= 4 is 16.2 Å². The molecular formula is C26H45NO5S. The standard InChI is InChI=1S/C26H45NO5S/c1-5-32-33(30,31)27-24(29)11-6-17(2)21-9-10-22-20-8-7-18-16-19(28)12-14-25(18,3)23(20)13-15-26(21,22)4/h17-23,28H,5-16H2,1-4H3,(H,27,29)/t17?,18?,19-,20-,21-,22+,23+,25+,26-/m1/s1. The maximum absolute atomic E-state index is 12.2. The van der Waals surface area contributed by atoms with Gasteiger partial charge in [-0.15, -0.1) is 0 Å². The molecule has 0 aromatic carbocycles. The van der Waals surface area contributed by atoms with Gasteiger partial charge in [-0.2, -0.15) is 8.42 Å². The molecule has 0 aromatic rings. The van der Waals surface area contributed by atoms with Crippen LogP contribution in [0.4, 0.5) is 0 Å². The summed E-state index contributed by atoms with van der Waals surface area (Å²) in [5, 5.41) is 10.3. The number of nitrogens with one attached hydrogen (secondary N) is 1. The molecule has 0 aliphatic heterocycles. The van der Waals surface area contributed by atoms with Gasteiger partial charge in [0.1, 0.15) is 0 Å². The average Bonchev–Trinajstić information content (AvgIpc) is 3.09. The predicted molar refractivity (Wildman–Crippen MR) is 128 cm³/mol. The zero-order valence-corrected chi connectivity index (χ0v) is 21.8. The van der Waals surface area contributed by atoms with E-state index in [0.717, 1.165) is 30.6 Å². The van der Waals surface area contributed by atoms with Crippen molar-refractivity contribution in [2.24, 2.45) is 46.3 Å².